The van der Waals surface area contributed by atoms with Gasteiger partial charge < -0.3 is 19.9 Å². The molecular weight excluding hydrogens is 274 g/mol. The van der Waals surface area contributed by atoms with Gasteiger partial charge in [-0.25, -0.2) is 0 Å². The van der Waals surface area contributed by atoms with E-state index in [4.69, 9.17) is 16.3 Å². The van der Waals surface area contributed by atoms with E-state index in [0.29, 0.717) is 0 Å². The fourth-order valence-electron chi connectivity index (χ4n) is 1.33. The number of phenols is 1. The van der Waals surface area contributed by atoms with Crippen LogP contribution in [0, 0.1) is 0 Å². The van der Waals surface area contributed by atoms with E-state index >= 15 is 0 Å². The second-order valence-electron chi connectivity index (χ2n) is 3.59. The fourth-order valence-corrected chi connectivity index (χ4v) is 1.49. The van der Waals surface area contributed by atoms with Crippen molar-refractivity contribution in [1.29, 1.82) is 0 Å². The predicted molar refractivity (Wildman–Crippen MR) is 68.6 cm³/mol. The number of benzene rings is 1. The van der Waals surface area contributed by atoms with Crippen LogP contribution in [0.1, 0.15) is 10.4 Å². The molecule has 0 aliphatic carbocycles. The van der Waals surface area contributed by atoms with Gasteiger partial charge in [-0.2, -0.15) is 0 Å². The average molecular weight is 288 g/mol. The number of carbonyl (C=O) groups is 2. The quantitative estimate of drug-likeness (QED) is 0.621. The number of aromatic hydroxyl groups is 1. The summed E-state index contributed by atoms with van der Waals surface area (Å²) in [6, 6.07) is 4.20. The van der Waals surface area contributed by atoms with Crippen LogP contribution in [0.5, 0.6) is 11.5 Å². The number of rotatable bonds is 5. The first-order valence-corrected chi connectivity index (χ1v) is 5.80. The van der Waals surface area contributed by atoms with E-state index in [0.717, 1.165) is 0 Å². The first kappa shape index (κ1) is 15.1. The molecule has 0 aromatic heterocycles. The summed E-state index contributed by atoms with van der Waals surface area (Å²) in [5.41, 5.74) is 0.229. The lowest BCUT2D eigenvalue weighted by atomic mass is 10.2. The van der Waals surface area contributed by atoms with Gasteiger partial charge in [0.2, 0.25) is 0 Å². The minimum atomic E-state index is -0.958. The second kappa shape index (κ2) is 6.84. The van der Waals surface area contributed by atoms with Crippen LogP contribution >= 0.6 is 11.6 Å². The van der Waals surface area contributed by atoms with Gasteiger partial charge in [0.25, 0.3) is 5.91 Å². The van der Waals surface area contributed by atoms with E-state index in [1.807, 2.05) is 0 Å². The van der Waals surface area contributed by atoms with Gasteiger partial charge in [-0.15, -0.1) is 11.6 Å². The molecular formula is C12H14ClNO5. The highest BCUT2D eigenvalue weighted by atomic mass is 35.5. The number of halogens is 1. The number of methoxy groups -OCH3 is 2. The van der Waals surface area contributed by atoms with Crippen LogP contribution in [0.25, 0.3) is 0 Å². The third-order valence-electron chi connectivity index (χ3n) is 2.34. The first-order chi connectivity index (χ1) is 8.99. The molecule has 0 bridgehead atoms. The molecule has 1 aromatic carbocycles. The van der Waals surface area contributed by atoms with Gasteiger partial charge >= 0.3 is 5.97 Å². The number of alkyl halides is 1. The average Bonchev–Trinajstić information content (AvgIpc) is 2.43. The molecule has 19 heavy (non-hydrogen) atoms. The number of phenolic OH excluding ortho intramolecular Hbond substituents is 1. The number of amides is 1. The summed E-state index contributed by atoms with van der Waals surface area (Å²) < 4.78 is 9.28. The largest absolute Gasteiger partial charge is 0.504 e. The highest BCUT2D eigenvalue weighted by Crippen LogP contribution is 2.26. The molecule has 104 valence electrons. The Bertz CT molecular complexity index is 477. The highest BCUT2D eigenvalue weighted by molar-refractivity contribution is 6.30. The minimum Gasteiger partial charge on any atom is -0.504 e. The van der Waals surface area contributed by atoms with Crippen molar-refractivity contribution in [2.75, 3.05) is 20.8 Å². The van der Waals surface area contributed by atoms with E-state index < -0.39 is 17.3 Å². The number of ether oxygens (including phenoxy) is 2. The van der Waals surface area contributed by atoms with Crippen LogP contribution in [0.2, 0.25) is 0 Å². The maximum Gasteiger partial charge on any atom is 0.325 e. The van der Waals surface area contributed by atoms with Crippen molar-refractivity contribution in [1.82, 2.24) is 5.32 Å². The van der Waals surface area contributed by atoms with E-state index in [-0.39, 0.29) is 23.6 Å². The molecule has 0 heterocycles. The Hall–Kier alpha value is -1.95. The summed E-state index contributed by atoms with van der Waals surface area (Å²) in [6.45, 7) is -0.0696. The van der Waals surface area contributed by atoms with Crippen molar-refractivity contribution in [2.45, 2.75) is 5.38 Å². The zero-order valence-corrected chi connectivity index (χ0v) is 11.2. The lowest BCUT2D eigenvalue weighted by Gasteiger charge is -2.10. The molecule has 1 aromatic rings. The van der Waals surface area contributed by atoms with Gasteiger partial charge in [-0.05, 0) is 18.2 Å². The SMILES string of the molecule is COC(=O)C(Cl)CNC(=O)c1ccc(OC)c(O)c1. The van der Waals surface area contributed by atoms with Crippen molar-refractivity contribution in [3.05, 3.63) is 23.8 Å². The lowest BCUT2D eigenvalue weighted by Crippen LogP contribution is -2.34. The van der Waals surface area contributed by atoms with Crippen LogP contribution in [0.15, 0.2) is 18.2 Å². The van der Waals surface area contributed by atoms with Gasteiger partial charge in [0.05, 0.1) is 14.2 Å². The van der Waals surface area contributed by atoms with E-state index in [2.05, 4.69) is 10.1 Å². The van der Waals surface area contributed by atoms with Crippen molar-refractivity contribution in [3.63, 3.8) is 0 Å². The van der Waals surface area contributed by atoms with Gasteiger partial charge in [-0.1, -0.05) is 0 Å². The maximum atomic E-state index is 11.7. The molecule has 1 atom stereocenters. The van der Waals surface area contributed by atoms with Crippen LogP contribution < -0.4 is 10.1 Å². The van der Waals surface area contributed by atoms with E-state index in [9.17, 15) is 14.7 Å². The molecule has 0 aliphatic heterocycles. The number of esters is 1. The number of hydrogen-bond donors (Lipinski definition) is 2. The molecule has 6 nitrogen and oxygen atoms in total. The van der Waals surface area contributed by atoms with Crippen LogP contribution in [0.3, 0.4) is 0 Å². The lowest BCUT2D eigenvalue weighted by molar-refractivity contribution is -0.140. The normalized spacial score (nSPS) is 11.5. The predicted octanol–water partition coefficient (Wildman–Crippen LogP) is 0.911. The Morgan fingerprint density at radius 3 is 2.63 bits per heavy atom. The Morgan fingerprint density at radius 2 is 2.11 bits per heavy atom. The summed E-state index contributed by atoms with van der Waals surface area (Å²) >= 11 is 5.68. The van der Waals surface area contributed by atoms with Gasteiger partial charge in [0, 0.05) is 12.1 Å². The molecule has 0 fully saturated rings. The third-order valence-corrected chi connectivity index (χ3v) is 2.67. The molecule has 0 saturated carbocycles. The highest BCUT2D eigenvalue weighted by Gasteiger charge is 2.17. The molecule has 0 saturated heterocycles. The Kier molecular flexibility index (Phi) is 5.44. The van der Waals surface area contributed by atoms with Gasteiger partial charge in [0.1, 0.15) is 5.38 Å². The Labute approximate surface area is 115 Å². The molecule has 0 radical (unpaired) electrons. The third kappa shape index (κ3) is 4.03. The molecule has 1 rings (SSSR count). The molecule has 2 N–H and O–H groups in total. The zero-order valence-electron chi connectivity index (χ0n) is 10.5. The smallest absolute Gasteiger partial charge is 0.325 e. The molecule has 0 aliphatic rings. The topological polar surface area (TPSA) is 84.9 Å². The van der Waals surface area contributed by atoms with Crippen molar-refractivity contribution >= 4 is 23.5 Å². The minimum absolute atomic E-state index is 0.0696. The van der Waals surface area contributed by atoms with Crippen LogP contribution in [-0.2, 0) is 9.53 Å². The summed E-state index contributed by atoms with van der Waals surface area (Å²) in [7, 11) is 2.62. The number of carbonyl (C=O) groups excluding carboxylic acids is 2. The monoisotopic (exact) mass is 287 g/mol. The van der Waals surface area contributed by atoms with Crippen LogP contribution in [0.4, 0.5) is 0 Å². The summed E-state index contributed by atoms with van der Waals surface area (Å²) in [4.78, 5) is 22.8. The van der Waals surface area contributed by atoms with Crippen molar-refractivity contribution < 1.29 is 24.2 Å². The fraction of sp³-hybridized carbons (Fsp3) is 0.333. The summed E-state index contributed by atoms with van der Waals surface area (Å²) in [5.74, 6) is -0.973. The van der Waals surface area contributed by atoms with E-state index in [1.165, 1.54) is 32.4 Å². The Morgan fingerprint density at radius 1 is 1.42 bits per heavy atom. The van der Waals surface area contributed by atoms with E-state index in [1.54, 1.807) is 0 Å². The standard InChI is InChI=1S/C12H14ClNO5/c1-18-10-4-3-7(5-9(10)15)11(16)14-6-8(13)12(17)19-2/h3-5,8,15H,6H2,1-2H3,(H,14,16). The summed E-state index contributed by atoms with van der Waals surface area (Å²) in [5, 5.41) is 11.0. The second-order valence-corrected chi connectivity index (χ2v) is 4.11. The van der Waals surface area contributed by atoms with Crippen LogP contribution in [-0.4, -0.2) is 43.1 Å². The van der Waals surface area contributed by atoms with Crippen molar-refractivity contribution in [3.8, 4) is 11.5 Å². The molecule has 0 spiro atoms. The number of hydrogen-bond acceptors (Lipinski definition) is 5. The first-order valence-electron chi connectivity index (χ1n) is 5.36. The molecule has 1 unspecified atom stereocenters. The van der Waals surface area contributed by atoms with Crippen molar-refractivity contribution in [2.24, 2.45) is 0 Å². The number of nitrogens with one attached hydrogen (secondary N) is 1. The Balaban J connectivity index is 2.64. The maximum absolute atomic E-state index is 11.7. The molecule has 7 heteroatoms. The molecule has 1 amide bonds. The zero-order chi connectivity index (χ0) is 14.4. The van der Waals surface area contributed by atoms with Gasteiger partial charge in [-0.3, -0.25) is 9.59 Å². The summed E-state index contributed by atoms with van der Waals surface area (Å²) in [6.07, 6.45) is 0. The van der Waals surface area contributed by atoms with Gasteiger partial charge in [0.15, 0.2) is 11.5 Å².